The van der Waals surface area contributed by atoms with Crippen molar-refractivity contribution in [3.63, 3.8) is 0 Å². The second-order valence-corrected chi connectivity index (χ2v) is 15.0. The maximum absolute atomic E-state index is 6.59. The molecule has 0 unspecified atom stereocenters. The van der Waals surface area contributed by atoms with Crippen molar-refractivity contribution >= 4 is 43.9 Å². The van der Waals surface area contributed by atoms with Gasteiger partial charge in [-0.2, -0.15) is 0 Å². The molecule has 4 heteroatoms. The van der Waals surface area contributed by atoms with E-state index < -0.39 is 0 Å². The molecule has 238 valence electrons. The second kappa shape index (κ2) is 9.36. The zero-order chi connectivity index (χ0) is 33.5. The molecule has 0 fully saturated rings. The van der Waals surface area contributed by atoms with Gasteiger partial charge >= 0.3 is 0 Å². The van der Waals surface area contributed by atoms with Crippen LogP contribution in [-0.4, -0.2) is 14.5 Å². The fourth-order valence-corrected chi connectivity index (χ4v) is 9.25. The van der Waals surface area contributed by atoms with Gasteiger partial charge in [-0.15, -0.1) is 0 Å². The second-order valence-electron chi connectivity index (χ2n) is 15.0. The topological polar surface area (TPSA) is 43.9 Å². The van der Waals surface area contributed by atoms with E-state index in [-0.39, 0.29) is 10.8 Å². The van der Waals surface area contributed by atoms with E-state index in [9.17, 15) is 0 Å². The van der Waals surface area contributed by atoms with Gasteiger partial charge in [0.1, 0.15) is 11.1 Å². The fraction of sp³-hybridized carbons (Fsp3) is 0.130. The Bertz CT molecular complexity index is 2940. The van der Waals surface area contributed by atoms with E-state index in [0.29, 0.717) is 0 Å². The largest absolute Gasteiger partial charge is 0.454 e. The Morgan fingerprint density at radius 3 is 2.14 bits per heavy atom. The Labute approximate surface area is 289 Å². The van der Waals surface area contributed by atoms with Crippen LogP contribution in [0.1, 0.15) is 49.9 Å². The first-order valence-electron chi connectivity index (χ1n) is 17.4. The molecule has 9 aromatic rings. The number of furan rings is 1. The van der Waals surface area contributed by atoms with Gasteiger partial charge in [0, 0.05) is 38.1 Å². The van der Waals surface area contributed by atoms with Crippen molar-refractivity contribution in [3.8, 4) is 39.5 Å². The van der Waals surface area contributed by atoms with Gasteiger partial charge in [-0.1, -0.05) is 125 Å². The van der Waals surface area contributed by atoms with Gasteiger partial charge in [-0.3, -0.25) is 0 Å². The van der Waals surface area contributed by atoms with Gasteiger partial charge < -0.3 is 8.98 Å². The zero-order valence-electron chi connectivity index (χ0n) is 28.4. The summed E-state index contributed by atoms with van der Waals surface area (Å²) >= 11 is 0. The van der Waals surface area contributed by atoms with Gasteiger partial charge in [0.2, 0.25) is 0 Å². The van der Waals surface area contributed by atoms with E-state index >= 15 is 0 Å². The highest BCUT2D eigenvalue weighted by atomic mass is 16.3. The summed E-state index contributed by atoms with van der Waals surface area (Å²) in [6.07, 6.45) is 0. The average Bonchev–Trinajstić information content (AvgIpc) is 3.76. The Morgan fingerprint density at radius 2 is 1.24 bits per heavy atom. The van der Waals surface area contributed by atoms with E-state index in [1.807, 2.05) is 6.07 Å². The van der Waals surface area contributed by atoms with Crippen molar-refractivity contribution in [2.24, 2.45) is 0 Å². The Hall–Kier alpha value is -6.00. The molecule has 3 aromatic heterocycles. The van der Waals surface area contributed by atoms with Gasteiger partial charge in [-0.25, -0.2) is 9.97 Å². The van der Waals surface area contributed by atoms with E-state index in [2.05, 4.69) is 154 Å². The zero-order valence-corrected chi connectivity index (χ0v) is 28.4. The maximum Gasteiger partial charge on any atom is 0.161 e. The summed E-state index contributed by atoms with van der Waals surface area (Å²) in [6.45, 7) is 9.32. The van der Waals surface area contributed by atoms with Crippen LogP contribution in [0, 0.1) is 0 Å². The van der Waals surface area contributed by atoms with Gasteiger partial charge in [0.05, 0.1) is 22.4 Å². The first-order chi connectivity index (χ1) is 24.3. The van der Waals surface area contributed by atoms with Crippen LogP contribution in [0.4, 0.5) is 0 Å². The molecule has 11 rings (SSSR count). The summed E-state index contributed by atoms with van der Waals surface area (Å²) in [5, 5.41) is 3.31. The van der Waals surface area contributed by atoms with Crippen molar-refractivity contribution in [3.05, 3.63) is 150 Å². The standard InChI is InChI=1S/C46H33N3O/c1-45(2)34-24-23-26(25-37(34)49-41-32(18-12-20-35(41)45)43-42(49)30-15-7-10-22-38(30)50-43)40-29-14-6-9-21-36(29)47-44(48-40)31-17-11-16-28-27-13-5-8-19-33(27)46(3,4)39(28)31/h5-25H,1-4H3. The first-order valence-corrected chi connectivity index (χ1v) is 17.4. The monoisotopic (exact) mass is 643 g/mol. The van der Waals surface area contributed by atoms with E-state index in [4.69, 9.17) is 14.4 Å². The van der Waals surface area contributed by atoms with Gasteiger partial charge in [-0.05, 0) is 63.7 Å². The maximum atomic E-state index is 6.59. The summed E-state index contributed by atoms with van der Waals surface area (Å²) in [4.78, 5) is 10.7. The molecule has 4 heterocycles. The minimum Gasteiger partial charge on any atom is -0.454 e. The lowest BCUT2D eigenvalue weighted by molar-refractivity contribution is 0.630. The van der Waals surface area contributed by atoms with Crippen LogP contribution in [0.5, 0.6) is 0 Å². The first kappa shape index (κ1) is 27.9. The van der Waals surface area contributed by atoms with Crippen LogP contribution < -0.4 is 0 Å². The summed E-state index contributed by atoms with van der Waals surface area (Å²) in [7, 11) is 0. The number of aromatic nitrogens is 3. The summed E-state index contributed by atoms with van der Waals surface area (Å²) in [6, 6.07) is 45.8. The van der Waals surface area contributed by atoms with E-state index in [1.165, 1.54) is 44.6 Å². The van der Waals surface area contributed by atoms with Crippen molar-refractivity contribution in [2.45, 2.75) is 38.5 Å². The minimum atomic E-state index is -0.209. The molecule has 6 aromatic carbocycles. The van der Waals surface area contributed by atoms with Crippen molar-refractivity contribution in [2.75, 3.05) is 0 Å². The fourth-order valence-electron chi connectivity index (χ4n) is 9.25. The van der Waals surface area contributed by atoms with Crippen LogP contribution in [0.2, 0.25) is 0 Å². The Morgan fingerprint density at radius 1 is 0.540 bits per heavy atom. The molecule has 1 aliphatic heterocycles. The molecule has 0 spiro atoms. The predicted octanol–water partition coefficient (Wildman–Crippen LogP) is 11.8. The molecular weight excluding hydrogens is 611 g/mol. The van der Waals surface area contributed by atoms with Gasteiger partial charge in [0.25, 0.3) is 0 Å². The molecule has 1 aliphatic carbocycles. The number of hydrogen-bond donors (Lipinski definition) is 0. The number of para-hydroxylation sites is 3. The third-order valence-electron chi connectivity index (χ3n) is 11.6. The number of hydrogen-bond acceptors (Lipinski definition) is 3. The molecule has 0 saturated carbocycles. The SMILES string of the molecule is CC1(C)c2ccccc2-c2cccc(-c3nc(-c4ccc5c(c4)-n4c6c(cccc6c6oc7ccccc7c64)C5(C)C)c4ccccc4n3)c21. The Balaban J connectivity index is 1.20. The van der Waals surface area contributed by atoms with Crippen LogP contribution in [0.25, 0.3) is 83.3 Å². The average molecular weight is 644 g/mol. The molecular formula is C46H33N3O. The van der Waals surface area contributed by atoms with E-state index in [0.717, 1.165) is 61.0 Å². The van der Waals surface area contributed by atoms with Crippen LogP contribution in [0.15, 0.2) is 132 Å². The molecule has 0 N–H and O–H groups in total. The molecule has 0 atom stereocenters. The molecule has 0 amide bonds. The minimum absolute atomic E-state index is 0.180. The van der Waals surface area contributed by atoms with Crippen LogP contribution >= 0.6 is 0 Å². The van der Waals surface area contributed by atoms with Crippen molar-refractivity contribution in [1.29, 1.82) is 0 Å². The quantitative estimate of drug-likeness (QED) is 0.188. The molecule has 0 radical (unpaired) electrons. The lowest BCUT2D eigenvalue weighted by atomic mass is 9.74. The lowest BCUT2D eigenvalue weighted by Gasteiger charge is -2.35. The molecule has 2 aliphatic rings. The number of fused-ring (bicyclic) bond motifs is 11. The van der Waals surface area contributed by atoms with Gasteiger partial charge in [0.15, 0.2) is 11.4 Å². The highest BCUT2D eigenvalue weighted by Crippen LogP contribution is 2.53. The smallest absolute Gasteiger partial charge is 0.161 e. The van der Waals surface area contributed by atoms with E-state index in [1.54, 1.807) is 0 Å². The lowest BCUT2D eigenvalue weighted by Crippen LogP contribution is -2.26. The number of rotatable bonds is 2. The molecule has 50 heavy (non-hydrogen) atoms. The van der Waals surface area contributed by atoms with Crippen LogP contribution in [-0.2, 0) is 10.8 Å². The summed E-state index contributed by atoms with van der Waals surface area (Å²) in [5.74, 6) is 0.756. The van der Waals surface area contributed by atoms with Crippen LogP contribution in [0.3, 0.4) is 0 Å². The molecule has 0 saturated heterocycles. The highest BCUT2D eigenvalue weighted by Gasteiger charge is 2.39. The third-order valence-corrected chi connectivity index (χ3v) is 11.6. The predicted molar refractivity (Wildman–Crippen MR) is 204 cm³/mol. The third kappa shape index (κ3) is 3.40. The normalized spacial score (nSPS) is 15.1. The number of nitrogens with zero attached hydrogens (tertiary/aromatic N) is 3. The highest BCUT2D eigenvalue weighted by molar-refractivity contribution is 6.18. The summed E-state index contributed by atoms with van der Waals surface area (Å²) < 4.78 is 9.04. The van der Waals surface area contributed by atoms with Crippen molar-refractivity contribution < 1.29 is 4.42 Å². The molecule has 4 nitrogen and oxygen atoms in total. The summed E-state index contributed by atoms with van der Waals surface area (Å²) in [5.41, 5.74) is 16.8. The number of benzene rings is 6. The molecule has 0 bridgehead atoms. The Kier molecular flexibility index (Phi) is 5.23. The van der Waals surface area contributed by atoms with Crippen molar-refractivity contribution in [1.82, 2.24) is 14.5 Å².